The van der Waals surface area contributed by atoms with E-state index < -0.39 is 10.0 Å². The summed E-state index contributed by atoms with van der Waals surface area (Å²) in [4.78, 5) is 0.306. The number of aryl methyl sites for hydroxylation is 2. The van der Waals surface area contributed by atoms with Crippen molar-refractivity contribution in [3.63, 3.8) is 0 Å². The molecule has 0 spiro atoms. The molecule has 2 rings (SSSR count). The first-order valence-electron chi connectivity index (χ1n) is 7.27. The van der Waals surface area contributed by atoms with E-state index in [1.54, 1.807) is 24.3 Å². The Morgan fingerprint density at radius 3 is 2.05 bits per heavy atom. The summed E-state index contributed by atoms with van der Waals surface area (Å²) in [6, 6.07) is 15.0. The molecule has 0 fully saturated rings. The van der Waals surface area contributed by atoms with Crippen LogP contribution >= 0.6 is 0 Å². The topological polar surface area (TPSA) is 46.2 Å². The highest BCUT2D eigenvalue weighted by molar-refractivity contribution is 7.89. The standard InChI is InChI=1S/C18H21NO2S/c1-15-6-10-17(11-7-15)5-3-4-14-19-22(20,21)18-12-8-16(2)9-13-18/h3,5-13,19H,4,14H2,1-2H3/b5-3+. The van der Waals surface area contributed by atoms with Gasteiger partial charge in [0.1, 0.15) is 0 Å². The van der Waals surface area contributed by atoms with Gasteiger partial charge < -0.3 is 0 Å². The van der Waals surface area contributed by atoms with Gasteiger partial charge in [-0.25, -0.2) is 13.1 Å². The van der Waals surface area contributed by atoms with Gasteiger partial charge in [0.2, 0.25) is 10.0 Å². The van der Waals surface area contributed by atoms with Crippen LogP contribution in [0.15, 0.2) is 59.5 Å². The molecule has 22 heavy (non-hydrogen) atoms. The van der Waals surface area contributed by atoms with Gasteiger partial charge in [-0.2, -0.15) is 0 Å². The second kappa shape index (κ2) is 7.38. The quantitative estimate of drug-likeness (QED) is 0.827. The molecule has 0 bridgehead atoms. The van der Waals surface area contributed by atoms with Crippen molar-refractivity contribution in [2.24, 2.45) is 0 Å². The van der Waals surface area contributed by atoms with Crippen molar-refractivity contribution in [1.82, 2.24) is 4.72 Å². The molecule has 116 valence electrons. The zero-order valence-electron chi connectivity index (χ0n) is 12.9. The second-order valence-corrected chi connectivity index (χ2v) is 7.08. The Kier molecular flexibility index (Phi) is 5.52. The van der Waals surface area contributed by atoms with Gasteiger partial charge in [-0.3, -0.25) is 0 Å². The number of hydrogen-bond acceptors (Lipinski definition) is 2. The SMILES string of the molecule is Cc1ccc(/C=C/CCNS(=O)(=O)c2ccc(C)cc2)cc1. The average molecular weight is 315 g/mol. The van der Waals surface area contributed by atoms with E-state index in [0.29, 0.717) is 17.9 Å². The maximum Gasteiger partial charge on any atom is 0.240 e. The molecule has 0 radical (unpaired) electrons. The third kappa shape index (κ3) is 4.83. The molecule has 1 N–H and O–H groups in total. The smallest absolute Gasteiger partial charge is 0.211 e. The molecule has 4 heteroatoms. The minimum Gasteiger partial charge on any atom is -0.211 e. The van der Waals surface area contributed by atoms with E-state index in [4.69, 9.17) is 0 Å². The average Bonchev–Trinajstić information content (AvgIpc) is 2.49. The summed E-state index contributed by atoms with van der Waals surface area (Å²) in [5, 5.41) is 0. The van der Waals surface area contributed by atoms with Gasteiger partial charge in [0.05, 0.1) is 4.90 Å². The predicted octanol–water partition coefficient (Wildman–Crippen LogP) is 3.69. The van der Waals surface area contributed by atoms with E-state index in [0.717, 1.165) is 11.1 Å². The molecular weight excluding hydrogens is 294 g/mol. The largest absolute Gasteiger partial charge is 0.240 e. The zero-order valence-corrected chi connectivity index (χ0v) is 13.7. The van der Waals surface area contributed by atoms with Crippen molar-refractivity contribution in [2.45, 2.75) is 25.2 Å². The molecule has 0 amide bonds. The van der Waals surface area contributed by atoms with Gasteiger partial charge >= 0.3 is 0 Å². The lowest BCUT2D eigenvalue weighted by Crippen LogP contribution is -2.24. The van der Waals surface area contributed by atoms with Crippen molar-refractivity contribution < 1.29 is 8.42 Å². The molecule has 0 aliphatic heterocycles. The Labute approximate surface area is 132 Å². The van der Waals surface area contributed by atoms with E-state index in [2.05, 4.69) is 16.9 Å². The van der Waals surface area contributed by atoms with Gasteiger partial charge in [-0.05, 0) is 38.0 Å². The molecule has 0 heterocycles. The minimum absolute atomic E-state index is 0.306. The van der Waals surface area contributed by atoms with Crippen molar-refractivity contribution in [1.29, 1.82) is 0 Å². The third-order valence-corrected chi connectivity index (χ3v) is 4.80. The van der Waals surface area contributed by atoms with Crippen LogP contribution in [0.5, 0.6) is 0 Å². The first kappa shape index (κ1) is 16.5. The number of benzene rings is 2. The van der Waals surface area contributed by atoms with Gasteiger partial charge in [0.25, 0.3) is 0 Å². The molecule has 0 atom stereocenters. The lowest BCUT2D eigenvalue weighted by atomic mass is 10.1. The number of rotatable bonds is 6. The van der Waals surface area contributed by atoms with Crippen molar-refractivity contribution in [2.75, 3.05) is 6.54 Å². The predicted molar refractivity (Wildman–Crippen MR) is 91.2 cm³/mol. The fraction of sp³-hybridized carbons (Fsp3) is 0.222. The summed E-state index contributed by atoms with van der Waals surface area (Å²) in [6.07, 6.45) is 4.63. The molecule has 0 unspecified atom stereocenters. The van der Waals surface area contributed by atoms with E-state index in [9.17, 15) is 8.42 Å². The molecule has 0 aromatic heterocycles. The van der Waals surface area contributed by atoms with Crippen LogP contribution < -0.4 is 4.72 Å². The summed E-state index contributed by atoms with van der Waals surface area (Å²) in [7, 11) is -3.41. The van der Waals surface area contributed by atoms with E-state index >= 15 is 0 Å². The Hall–Kier alpha value is -1.91. The third-order valence-electron chi connectivity index (χ3n) is 3.32. The van der Waals surface area contributed by atoms with Gasteiger partial charge in [0, 0.05) is 6.54 Å². The maximum atomic E-state index is 12.1. The van der Waals surface area contributed by atoms with Crippen molar-refractivity contribution >= 4 is 16.1 Å². The minimum atomic E-state index is -3.41. The van der Waals surface area contributed by atoms with Crippen LogP contribution in [0.25, 0.3) is 6.08 Å². The summed E-state index contributed by atoms with van der Waals surface area (Å²) >= 11 is 0. The highest BCUT2D eigenvalue weighted by atomic mass is 32.2. The van der Waals surface area contributed by atoms with Crippen LogP contribution in [0.2, 0.25) is 0 Å². The highest BCUT2D eigenvalue weighted by Gasteiger charge is 2.11. The zero-order chi connectivity index (χ0) is 16.0. The monoisotopic (exact) mass is 315 g/mol. The Balaban J connectivity index is 1.85. The van der Waals surface area contributed by atoms with E-state index in [1.807, 2.05) is 38.1 Å². The summed E-state index contributed by atoms with van der Waals surface area (Å²) in [5.74, 6) is 0. The van der Waals surface area contributed by atoms with Gasteiger partial charge in [-0.1, -0.05) is 59.7 Å². The molecule has 0 aliphatic rings. The first-order chi connectivity index (χ1) is 10.5. The van der Waals surface area contributed by atoms with Crippen molar-refractivity contribution in [3.8, 4) is 0 Å². The van der Waals surface area contributed by atoms with Gasteiger partial charge in [-0.15, -0.1) is 0 Å². The fourth-order valence-corrected chi connectivity index (χ4v) is 3.02. The maximum absolute atomic E-state index is 12.1. The van der Waals surface area contributed by atoms with Crippen LogP contribution in [0, 0.1) is 13.8 Å². The normalized spacial score (nSPS) is 11.9. The van der Waals surface area contributed by atoms with Crippen LogP contribution in [0.4, 0.5) is 0 Å². The molecule has 3 nitrogen and oxygen atoms in total. The summed E-state index contributed by atoms with van der Waals surface area (Å²) in [5.41, 5.74) is 3.38. The Morgan fingerprint density at radius 2 is 1.45 bits per heavy atom. The second-order valence-electron chi connectivity index (χ2n) is 5.31. The number of nitrogens with one attached hydrogen (secondary N) is 1. The Bertz CT molecular complexity index is 730. The van der Waals surface area contributed by atoms with Crippen LogP contribution in [0.1, 0.15) is 23.1 Å². The molecule has 0 saturated carbocycles. The van der Waals surface area contributed by atoms with Crippen LogP contribution in [-0.2, 0) is 10.0 Å². The molecule has 2 aromatic carbocycles. The molecule has 2 aromatic rings. The summed E-state index contributed by atoms with van der Waals surface area (Å²) in [6.45, 7) is 4.37. The number of hydrogen-bond donors (Lipinski definition) is 1. The van der Waals surface area contributed by atoms with Crippen molar-refractivity contribution in [3.05, 3.63) is 71.3 Å². The number of sulfonamides is 1. The van der Waals surface area contributed by atoms with Crippen LogP contribution in [0.3, 0.4) is 0 Å². The molecule has 0 aliphatic carbocycles. The molecular formula is C18H21NO2S. The lowest BCUT2D eigenvalue weighted by molar-refractivity contribution is 0.582. The van der Waals surface area contributed by atoms with E-state index in [1.165, 1.54) is 5.56 Å². The summed E-state index contributed by atoms with van der Waals surface area (Å²) < 4.78 is 26.8. The lowest BCUT2D eigenvalue weighted by Gasteiger charge is -2.05. The van der Waals surface area contributed by atoms with Crippen LogP contribution in [-0.4, -0.2) is 15.0 Å². The van der Waals surface area contributed by atoms with E-state index in [-0.39, 0.29) is 0 Å². The Morgan fingerprint density at radius 1 is 0.909 bits per heavy atom. The van der Waals surface area contributed by atoms with Gasteiger partial charge in [0.15, 0.2) is 0 Å². The molecule has 0 saturated heterocycles. The highest BCUT2D eigenvalue weighted by Crippen LogP contribution is 2.10. The first-order valence-corrected chi connectivity index (χ1v) is 8.75. The fourth-order valence-electron chi connectivity index (χ4n) is 1.97.